The molecule has 0 aliphatic carbocycles. The number of carbonyl (C=O) groups excluding carboxylic acids is 1. The zero-order valence-corrected chi connectivity index (χ0v) is 17.8. The van der Waals surface area contributed by atoms with E-state index < -0.39 is 0 Å². The number of hydrogen-bond acceptors (Lipinski definition) is 4. The molecule has 0 spiro atoms. The first kappa shape index (κ1) is 21.2. The Morgan fingerprint density at radius 2 is 1.53 bits per heavy atom. The minimum Gasteiger partial charge on any atom is -0.508 e. The van der Waals surface area contributed by atoms with Crippen LogP contribution in [0.2, 0.25) is 0 Å². The van der Waals surface area contributed by atoms with Crippen LogP contribution in [-0.2, 0) is 11.2 Å². The molecule has 0 atom stereocenters. The maximum atomic E-state index is 12.3. The predicted molar refractivity (Wildman–Crippen MR) is 119 cm³/mol. The van der Waals surface area contributed by atoms with Crippen LogP contribution in [0.1, 0.15) is 28.7 Å². The molecule has 0 fully saturated rings. The van der Waals surface area contributed by atoms with Crippen molar-refractivity contribution in [1.82, 2.24) is 0 Å². The molecule has 5 heteroatoms. The highest BCUT2D eigenvalue weighted by molar-refractivity contribution is 5.90. The molecule has 0 saturated carbocycles. The van der Waals surface area contributed by atoms with Crippen molar-refractivity contribution in [1.29, 1.82) is 0 Å². The van der Waals surface area contributed by atoms with E-state index in [0.717, 1.165) is 39.4 Å². The van der Waals surface area contributed by atoms with E-state index in [9.17, 15) is 9.90 Å². The lowest BCUT2D eigenvalue weighted by Crippen LogP contribution is -2.12. The zero-order chi connectivity index (χ0) is 21.7. The van der Waals surface area contributed by atoms with Crippen LogP contribution in [-0.4, -0.2) is 18.1 Å². The van der Waals surface area contributed by atoms with Crippen molar-refractivity contribution in [3.8, 4) is 23.0 Å². The Morgan fingerprint density at radius 3 is 2.13 bits per heavy atom. The summed E-state index contributed by atoms with van der Waals surface area (Å²) in [6.07, 6.45) is 1.03. The molecule has 3 aromatic rings. The van der Waals surface area contributed by atoms with E-state index in [0.29, 0.717) is 18.6 Å². The van der Waals surface area contributed by atoms with Gasteiger partial charge >= 0.3 is 0 Å². The number of benzene rings is 3. The molecular formula is C25H27NO4. The van der Waals surface area contributed by atoms with Gasteiger partial charge in [0.1, 0.15) is 23.0 Å². The molecule has 0 radical (unpaired) electrons. The molecule has 5 nitrogen and oxygen atoms in total. The van der Waals surface area contributed by atoms with Crippen LogP contribution in [0.3, 0.4) is 0 Å². The van der Waals surface area contributed by atoms with Gasteiger partial charge in [-0.2, -0.15) is 0 Å². The van der Waals surface area contributed by atoms with Gasteiger partial charge in [0.25, 0.3) is 0 Å². The van der Waals surface area contributed by atoms with E-state index >= 15 is 0 Å². The van der Waals surface area contributed by atoms with Gasteiger partial charge in [0.05, 0.1) is 7.11 Å². The van der Waals surface area contributed by atoms with Gasteiger partial charge < -0.3 is 19.9 Å². The molecule has 0 aliphatic heterocycles. The van der Waals surface area contributed by atoms with Crippen molar-refractivity contribution in [2.75, 3.05) is 12.4 Å². The summed E-state index contributed by atoms with van der Waals surface area (Å²) < 4.78 is 11.2. The Morgan fingerprint density at radius 1 is 0.900 bits per heavy atom. The number of aromatic hydroxyl groups is 1. The second kappa shape index (κ2) is 9.35. The lowest BCUT2D eigenvalue weighted by atomic mass is 10.0. The van der Waals surface area contributed by atoms with E-state index in [-0.39, 0.29) is 11.7 Å². The number of hydrogen-bond donors (Lipinski definition) is 2. The second-order valence-electron chi connectivity index (χ2n) is 7.39. The third kappa shape index (κ3) is 5.32. The summed E-state index contributed by atoms with van der Waals surface area (Å²) in [5, 5.41) is 12.6. The SMILES string of the molecule is COc1ccc(NC(=O)CCc2cc(C)c(Oc3ccc(O)c(C)c3)c(C)c2)cc1. The van der Waals surface area contributed by atoms with Gasteiger partial charge in [-0.05, 0) is 91.9 Å². The van der Waals surface area contributed by atoms with E-state index in [1.165, 1.54) is 0 Å². The van der Waals surface area contributed by atoms with Crippen molar-refractivity contribution >= 4 is 11.6 Å². The van der Waals surface area contributed by atoms with Crippen LogP contribution in [0.5, 0.6) is 23.0 Å². The molecule has 0 unspecified atom stereocenters. The van der Waals surface area contributed by atoms with Gasteiger partial charge in [0.15, 0.2) is 0 Å². The van der Waals surface area contributed by atoms with Crippen LogP contribution >= 0.6 is 0 Å². The van der Waals surface area contributed by atoms with E-state index in [1.54, 1.807) is 19.2 Å². The molecular weight excluding hydrogens is 378 g/mol. The maximum absolute atomic E-state index is 12.3. The standard InChI is InChI=1S/C25H27NO4/c1-16-15-22(10-11-23(16)27)30-25-17(2)13-19(14-18(25)3)5-12-24(28)26-20-6-8-21(29-4)9-7-20/h6-11,13-15,27H,5,12H2,1-4H3,(H,26,28). The first-order valence-corrected chi connectivity index (χ1v) is 9.87. The van der Waals surface area contributed by atoms with Crippen molar-refractivity contribution in [3.63, 3.8) is 0 Å². The number of phenols is 1. The monoisotopic (exact) mass is 405 g/mol. The molecule has 156 valence electrons. The molecule has 3 aromatic carbocycles. The molecule has 2 N–H and O–H groups in total. The minimum atomic E-state index is -0.0321. The Labute approximate surface area is 177 Å². The van der Waals surface area contributed by atoms with E-state index in [4.69, 9.17) is 9.47 Å². The normalized spacial score (nSPS) is 10.5. The quantitative estimate of drug-likeness (QED) is 0.530. The Hall–Kier alpha value is -3.47. The zero-order valence-electron chi connectivity index (χ0n) is 17.8. The third-order valence-corrected chi connectivity index (χ3v) is 4.92. The van der Waals surface area contributed by atoms with Gasteiger partial charge in [0.2, 0.25) is 5.91 Å². The van der Waals surface area contributed by atoms with Crippen molar-refractivity contribution < 1.29 is 19.4 Å². The number of methoxy groups -OCH3 is 1. The topological polar surface area (TPSA) is 67.8 Å². The van der Waals surface area contributed by atoms with Crippen molar-refractivity contribution in [2.24, 2.45) is 0 Å². The maximum Gasteiger partial charge on any atom is 0.224 e. The van der Waals surface area contributed by atoms with Gasteiger partial charge in [-0.1, -0.05) is 12.1 Å². The highest BCUT2D eigenvalue weighted by atomic mass is 16.5. The average molecular weight is 405 g/mol. The van der Waals surface area contributed by atoms with Gasteiger partial charge in [-0.15, -0.1) is 0 Å². The number of rotatable bonds is 7. The Balaban J connectivity index is 1.62. The summed E-state index contributed by atoms with van der Waals surface area (Å²) in [4.78, 5) is 12.3. The van der Waals surface area contributed by atoms with Gasteiger partial charge in [-0.3, -0.25) is 4.79 Å². The van der Waals surface area contributed by atoms with Crippen LogP contribution in [0, 0.1) is 20.8 Å². The minimum absolute atomic E-state index is 0.0321. The summed E-state index contributed by atoms with van der Waals surface area (Å²) >= 11 is 0. The highest BCUT2D eigenvalue weighted by Crippen LogP contribution is 2.32. The summed E-state index contributed by atoms with van der Waals surface area (Å²) in [7, 11) is 1.61. The lowest BCUT2D eigenvalue weighted by molar-refractivity contribution is -0.116. The molecule has 0 saturated heterocycles. The summed E-state index contributed by atoms with van der Waals surface area (Å²) in [5.74, 6) is 2.45. The summed E-state index contributed by atoms with van der Waals surface area (Å²) in [5.41, 5.74) is 4.62. The van der Waals surface area contributed by atoms with Crippen molar-refractivity contribution in [2.45, 2.75) is 33.6 Å². The fraction of sp³-hybridized carbons (Fsp3) is 0.240. The molecule has 30 heavy (non-hydrogen) atoms. The fourth-order valence-electron chi connectivity index (χ4n) is 3.31. The smallest absolute Gasteiger partial charge is 0.224 e. The number of phenolic OH excluding ortho intramolecular Hbond substituents is 1. The average Bonchev–Trinajstić information content (AvgIpc) is 2.72. The molecule has 0 aliphatic rings. The summed E-state index contributed by atoms with van der Waals surface area (Å²) in [6, 6.07) is 16.6. The highest BCUT2D eigenvalue weighted by Gasteiger charge is 2.10. The van der Waals surface area contributed by atoms with Crippen LogP contribution in [0.15, 0.2) is 54.6 Å². The predicted octanol–water partition coefficient (Wildman–Crippen LogP) is 5.69. The summed E-state index contributed by atoms with van der Waals surface area (Å²) in [6.45, 7) is 5.83. The Bertz CT molecular complexity index is 1020. The van der Waals surface area contributed by atoms with Gasteiger partial charge in [0, 0.05) is 12.1 Å². The molecule has 1 amide bonds. The third-order valence-electron chi connectivity index (χ3n) is 4.92. The number of aryl methyl sites for hydroxylation is 4. The molecule has 3 rings (SSSR count). The Kier molecular flexibility index (Phi) is 6.62. The van der Waals surface area contributed by atoms with Gasteiger partial charge in [-0.25, -0.2) is 0 Å². The lowest BCUT2D eigenvalue weighted by Gasteiger charge is -2.15. The number of anilines is 1. The number of ether oxygens (including phenoxy) is 2. The number of nitrogens with one attached hydrogen (secondary N) is 1. The van der Waals surface area contributed by atoms with E-state index in [2.05, 4.69) is 17.4 Å². The molecule has 0 heterocycles. The first-order chi connectivity index (χ1) is 14.4. The molecule has 0 bridgehead atoms. The first-order valence-electron chi connectivity index (χ1n) is 9.87. The fourth-order valence-corrected chi connectivity index (χ4v) is 3.31. The molecule has 0 aromatic heterocycles. The van der Waals surface area contributed by atoms with Crippen LogP contribution in [0.25, 0.3) is 0 Å². The second-order valence-corrected chi connectivity index (χ2v) is 7.39. The van der Waals surface area contributed by atoms with Crippen LogP contribution < -0.4 is 14.8 Å². The van der Waals surface area contributed by atoms with E-state index in [1.807, 2.05) is 51.1 Å². The number of amides is 1. The van der Waals surface area contributed by atoms with Crippen molar-refractivity contribution in [3.05, 3.63) is 76.9 Å². The largest absolute Gasteiger partial charge is 0.508 e. The van der Waals surface area contributed by atoms with Crippen LogP contribution in [0.4, 0.5) is 5.69 Å². The number of carbonyl (C=O) groups is 1.